The Bertz CT molecular complexity index is 3730. The molecule has 0 saturated heterocycles. The molecule has 6 N–H and O–H groups in total. The van der Waals surface area contributed by atoms with E-state index in [1.807, 2.05) is 127 Å². The van der Waals surface area contributed by atoms with Crippen molar-refractivity contribution in [1.82, 2.24) is 0 Å². The summed E-state index contributed by atoms with van der Waals surface area (Å²) in [6.07, 6.45) is 0. The van der Waals surface area contributed by atoms with Crippen molar-refractivity contribution in [3.63, 3.8) is 0 Å². The molecule has 0 atom stereocenters. The fraction of sp³-hybridized carbons (Fsp3) is 0. The summed E-state index contributed by atoms with van der Waals surface area (Å²) in [6, 6.07) is 58.8. The van der Waals surface area contributed by atoms with Gasteiger partial charge in [-0.15, -0.1) is 0 Å². The first-order chi connectivity index (χ1) is 31.3. The van der Waals surface area contributed by atoms with Crippen LogP contribution in [0.4, 0.5) is 0 Å². The normalized spacial score (nSPS) is 11.8. The third-order valence-corrected chi connectivity index (χ3v) is 13.0. The Balaban J connectivity index is 1.18. The molecule has 0 amide bonds. The van der Waals surface area contributed by atoms with Crippen molar-refractivity contribution in [2.45, 2.75) is 0 Å². The van der Waals surface area contributed by atoms with E-state index in [0.717, 1.165) is 54.6 Å². The molecule has 12 aromatic rings. The maximum absolute atomic E-state index is 12.8. The standard InChI is InChI=1S/C58H36O6/c59-45-30-44-49-50-52(56(62)54(44)60)47(36-24-20-34(21-25-36)42-17-7-13-32-10-3-5-15-40(32)42)55(61)48(37-26-22-35(23-27-37)43-18-8-14-33-11-4-6-16-41(33)43)53(50)58(64)57(63)51(49)46(45)39-28-19-31-9-1-2-12-38(31)29-39/h1-30,59-64H. The van der Waals surface area contributed by atoms with E-state index < -0.39 is 23.0 Å². The molecule has 0 spiro atoms. The van der Waals surface area contributed by atoms with Crippen LogP contribution in [0.2, 0.25) is 0 Å². The zero-order valence-corrected chi connectivity index (χ0v) is 34.0. The highest BCUT2D eigenvalue weighted by Crippen LogP contribution is 2.62. The lowest BCUT2D eigenvalue weighted by molar-refractivity contribution is 0.410. The molecule has 6 heteroatoms. The van der Waals surface area contributed by atoms with Gasteiger partial charge in [0.25, 0.3) is 0 Å². The summed E-state index contributed by atoms with van der Waals surface area (Å²) < 4.78 is 0. The van der Waals surface area contributed by atoms with Crippen molar-refractivity contribution in [2.75, 3.05) is 0 Å². The van der Waals surface area contributed by atoms with Crippen LogP contribution in [0.15, 0.2) is 182 Å². The highest BCUT2D eigenvalue weighted by atomic mass is 16.3. The van der Waals surface area contributed by atoms with E-state index >= 15 is 0 Å². The summed E-state index contributed by atoms with van der Waals surface area (Å²) in [7, 11) is 0. The topological polar surface area (TPSA) is 121 Å². The molecular weight excluding hydrogens is 793 g/mol. The minimum absolute atomic E-state index is 0.0579. The maximum Gasteiger partial charge on any atom is 0.166 e. The van der Waals surface area contributed by atoms with E-state index in [1.165, 1.54) is 6.07 Å². The van der Waals surface area contributed by atoms with Gasteiger partial charge in [-0.05, 0) is 83.4 Å². The highest BCUT2D eigenvalue weighted by molar-refractivity contribution is 6.37. The Kier molecular flexibility index (Phi) is 8.04. The van der Waals surface area contributed by atoms with E-state index in [9.17, 15) is 30.6 Å². The second-order valence-electron chi connectivity index (χ2n) is 16.5. The van der Waals surface area contributed by atoms with Crippen LogP contribution in [0.1, 0.15) is 0 Å². The van der Waals surface area contributed by atoms with E-state index in [2.05, 4.69) is 48.5 Å². The average Bonchev–Trinajstić information content (AvgIpc) is 3.34. The van der Waals surface area contributed by atoms with Gasteiger partial charge in [-0.25, -0.2) is 0 Å². The van der Waals surface area contributed by atoms with Crippen molar-refractivity contribution in [2.24, 2.45) is 0 Å². The maximum atomic E-state index is 12.8. The molecule has 0 saturated carbocycles. The Hall–Kier alpha value is -8.74. The fourth-order valence-corrected chi connectivity index (χ4v) is 10.1. The third kappa shape index (κ3) is 5.33. The summed E-state index contributed by atoms with van der Waals surface area (Å²) in [5.41, 5.74) is 6.21. The van der Waals surface area contributed by atoms with Gasteiger partial charge in [0, 0.05) is 49.0 Å². The minimum atomic E-state index is -0.558. The van der Waals surface area contributed by atoms with Gasteiger partial charge in [0.1, 0.15) is 11.5 Å². The molecule has 0 unspecified atom stereocenters. The van der Waals surface area contributed by atoms with Crippen LogP contribution >= 0.6 is 0 Å². The molecule has 6 nitrogen and oxygen atoms in total. The molecule has 304 valence electrons. The van der Waals surface area contributed by atoms with Gasteiger partial charge in [0.15, 0.2) is 23.0 Å². The zero-order valence-electron chi connectivity index (χ0n) is 34.0. The second kappa shape index (κ2) is 13.9. The SMILES string of the molecule is Oc1cc2c(O)c(O)c3c(-c4ccc(-c5cccc6ccccc56)cc4)c(O)c(-c4ccc(-c5cccc6ccccc56)cc4)c4c(O)c(O)c(c1-c1ccc5ccccc5c1)c2c34. The number of hydrogen-bond acceptors (Lipinski definition) is 6. The number of hydrogen-bond donors (Lipinski definition) is 6. The van der Waals surface area contributed by atoms with E-state index in [1.54, 1.807) is 0 Å². The minimum Gasteiger partial charge on any atom is -0.507 e. The summed E-state index contributed by atoms with van der Waals surface area (Å²) >= 11 is 0. The van der Waals surface area contributed by atoms with Crippen LogP contribution in [-0.4, -0.2) is 30.6 Å². The summed E-state index contributed by atoms with van der Waals surface area (Å²) in [4.78, 5) is 0. The first kappa shape index (κ1) is 37.1. The van der Waals surface area contributed by atoms with Gasteiger partial charge in [-0.3, -0.25) is 0 Å². The number of benzene rings is 12. The summed E-state index contributed by atoms with van der Waals surface area (Å²) in [5.74, 6) is -2.76. The molecule has 0 bridgehead atoms. The molecule has 0 aromatic heterocycles. The zero-order chi connectivity index (χ0) is 43.4. The van der Waals surface area contributed by atoms with Crippen molar-refractivity contribution in [1.29, 1.82) is 0 Å². The molecule has 12 aromatic carbocycles. The lowest BCUT2D eigenvalue weighted by Gasteiger charge is -2.24. The smallest absolute Gasteiger partial charge is 0.166 e. The largest absolute Gasteiger partial charge is 0.507 e. The Morgan fingerprint density at radius 1 is 0.234 bits per heavy atom. The number of rotatable bonds is 5. The van der Waals surface area contributed by atoms with Crippen LogP contribution in [-0.2, 0) is 0 Å². The molecule has 0 aliphatic heterocycles. The predicted octanol–water partition coefficient (Wildman–Crippen LogP) is 14.6. The van der Waals surface area contributed by atoms with Crippen LogP contribution in [0, 0.1) is 0 Å². The molecule has 0 radical (unpaired) electrons. The van der Waals surface area contributed by atoms with Gasteiger partial charge in [-0.2, -0.15) is 0 Å². The van der Waals surface area contributed by atoms with Crippen LogP contribution < -0.4 is 0 Å². The van der Waals surface area contributed by atoms with Crippen molar-refractivity contribution < 1.29 is 30.6 Å². The number of phenolic OH excluding ortho intramolecular Hbond substituents is 6. The Labute approximate surface area is 366 Å². The molecular formula is C58H36O6. The first-order valence-corrected chi connectivity index (χ1v) is 21.0. The highest BCUT2D eigenvalue weighted by Gasteiger charge is 2.33. The van der Waals surface area contributed by atoms with E-state index in [-0.39, 0.29) is 55.1 Å². The molecule has 0 aliphatic rings. The molecule has 0 heterocycles. The first-order valence-electron chi connectivity index (χ1n) is 21.0. The quantitative estimate of drug-likeness (QED) is 0.0759. The Morgan fingerprint density at radius 3 is 1.20 bits per heavy atom. The van der Waals surface area contributed by atoms with Crippen molar-refractivity contribution in [3.05, 3.63) is 182 Å². The van der Waals surface area contributed by atoms with Crippen LogP contribution in [0.5, 0.6) is 34.5 Å². The molecule has 12 rings (SSSR count). The Morgan fingerprint density at radius 2 is 0.656 bits per heavy atom. The average molecular weight is 829 g/mol. The predicted molar refractivity (Wildman–Crippen MR) is 260 cm³/mol. The number of aromatic hydroxyl groups is 6. The van der Waals surface area contributed by atoms with Gasteiger partial charge in [-0.1, -0.05) is 170 Å². The van der Waals surface area contributed by atoms with E-state index in [0.29, 0.717) is 22.1 Å². The van der Waals surface area contributed by atoms with Crippen LogP contribution in [0.3, 0.4) is 0 Å². The van der Waals surface area contributed by atoms with Crippen LogP contribution in [0.25, 0.3) is 120 Å². The number of phenols is 6. The van der Waals surface area contributed by atoms with E-state index in [4.69, 9.17) is 0 Å². The third-order valence-electron chi connectivity index (χ3n) is 13.0. The monoisotopic (exact) mass is 828 g/mol. The van der Waals surface area contributed by atoms with Gasteiger partial charge in [0.2, 0.25) is 0 Å². The second-order valence-corrected chi connectivity index (χ2v) is 16.5. The summed E-state index contributed by atoms with van der Waals surface area (Å²) in [6.45, 7) is 0. The van der Waals surface area contributed by atoms with Gasteiger partial charge < -0.3 is 30.6 Å². The fourth-order valence-electron chi connectivity index (χ4n) is 10.1. The molecule has 0 aliphatic carbocycles. The lowest BCUT2D eigenvalue weighted by Crippen LogP contribution is -1.96. The van der Waals surface area contributed by atoms with Gasteiger partial charge >= 0.3 is 0 Å². The summed E-state index contributed by atoms with van der Waals surface area (Å²) in [5, 5.41) is 80.5. The lowest BCUT2D eigenvalue weighted by atomic mass is 9.81. The number of fused-ring (bicyclic) bond motifs is 3. The molecule has 0 fully saturated rings. The van der Waals surface area contributed by atoms with Gasteiger partial charge in [0.05, 0.1) is 0 Å². The molecule has 64 heavy (non-hydrogen) atoms. The van der Waals surface area contributed by atoms with Crippen molar-refractivity contribution >= 4 is 64.6 Å². The van der Waals surface area contributed by atoms with Crippen molar-refractivity contribution in [3.8, 4) is 90.1 Å².